The SMILES string of the molecule is CC(C)[Si](C#Cc1c(F)ccc2cccc(-c3ncc4c(N5C[C@H]6CC[C@@H](C5)N6C(=O)OC(C)(C)C)nc(OC[C@@]56CCCN5C[C@H](OCc5ccc(I)cc5)C6)nc4c3F)c12)(C(C)C)C(C)C. The number of hydrogen-bond acceptors (Lipinski definition) is 9. The van der Waals surface area contributed by atoms with E-state index in [0.29, 0.717) is 65.1 Å². The van der Waals surface area contributed by atoms with E-state index in [-0.39, 0.29) is 52.6 Å². The summed E-state index contributed by atoms with van der Waals surface area (Å²) in [5.74, 6) is 2.77. The Morgan fingerprint density at radius 3 is 2.32 bits per heavy atom. The van der Waals surface area contributed by atoms with E-state index in [1.165, 1.54) is 9.64 Å². The van der Waals surface area contributed by atoms with Crippen molar-refractivity contribution in [1.82, 2.24) is 24.8 Å². The molecule has 0 spiro atoms. The zero-order valence-corrected chi connectivity index (χ0v) is 44.1. The van der Waals surface area contributed by atoms with Crippen molar-refractivity contribution in [2.45, 2.75) is 147 Å². The van der Waals surface area contributed by atoms with Gasteiger partial charge in [0.05, 0.1) is 41.3 Å². The highest BCUT2D eigenvalue weighted by atomic mass is 127. The van der Waals surface area contributed by atoms with Crippen LogP contribution in [0.25, 0.3) is 32.9 Å². The normalized spacial score (nSPS) is 21.9. The monoisotopic (exact) mass is 1050 g/mol. The summed E-state index contributed by atoms with van der Waals surface area (Å²) in [6, 6.07) is 17.0. The van der Waals surface area contributed by atoms with Crippen molar-refractivity contribution in [3.63, 3.8) is 0 Å². The van der Waals surface area contributed by atoms with Crippen molar-refractivity contribution >= 4 is 64.3 Å². The molecule has 3 aromatic carbocycles. The molecule has 4 aliphatic heterocycles. The lowest BCUT2D eigenvalue weighted by Crippen LogP contribution is -2.57. The van der Waals surface area contributed by atoms with E-state index in [2.05, 4.69) is 110 Å². The third-order valence-corrected chi connectivity index (χ3v) is 22.2. The third-order valence-electron chi connectivity index (χ3n) is 15.2. The maximum atomic E-state index is 17.8. The molecule has 0 aliphatic carbocycles. The number of rotatable bonds is 11. The van der Waals surface area contributed by atoms with Gasteiger partial charge in [-0.15, -0.1) is 5.54 Å². The Bertz CT molecular complexity index is 2740. The first-order valence-electron chi connectivity index (χ1n) is 24.5. The number of nitrogens with zero attached hydrogens (tertiary/aromatic N) is 6. The molecule has 0 saturated carbocycles. The lowest BCUT2D eigenvalue weighted by atomic mass is 9.94. The molecule has 360 valence electrons. The van der Waals surface area contributed by atoms with Crippen LogP contribution in [-0.2, 0) is 16.1 Å². The second-order valence-electron chi connectivity index (χ2n) is 21.5. The van der Waals surface area contributed by atoms with Gasteiger partial charge in [0.1, 0.15) is 43.1 Å². The summed E-state index contributed by atoms with van der Waals surface area (Å²) in [7, 11) is -2.26. The maximum absolute atomic E-state index is 17.8. The number of benzene rings is 3. The van der Waals surface area contributed by atoms with Gasteiger partial charge in [-0.1, -0.05) is 83.9 Å². The fourth-order valence-electron chi connectivity index (χ4n) is 12.1. The van der Waals surface area contributed by atoms with E-state index in [0.717, 1.165) is 56.1 Å². The molecule has 68 heavy (non-hydrogen) atoms. The molecule has 0 radical (unpaired) electrons. The summed E-state index contributed by atoms with van der Waals surface area (Å²) in [6.07, 6.45) is 5.75. The Labute approximate surface area is 415 Å². The minimum atomic E-state index is -2.26. The minimum absolute atomic E-state index is 0.0362. The van der Waals surface area contributed by atoms with Gasteiger partial charge in [0, 0.05) is 40.4 Å². The number of fused-ring (bicyclic) bond motifs is 5. The van der Waals surface area contributed by atoms with Gasteiger partial charge in [0.2, 0.25) is 0 Å². The van der Waals surface area contributed by atoms with Crippen LogP contribution in [0, 0.1) is 26.7 Å². The Hall–Kier alpha value is -4.43. The minimum Gasteiger partial charge on any atom is -0.461 e. The second-order valence-corrected chi connectivity index (χ2v) is 28.3. The molecule has 4 aliphatic rings. The highest BCUT2D eigenvalue weighted by Crippen LogP contribution is 2.44. The fourth-order valence-corrected chi connectivity index (χ4v) is 17.6. The summed E-state index contributed by atoms with van der Waals surface area (Å²) in [5, 5.41) is 1.69. The van der Waals surface area contributed by atoms with Gasteiger partial charge < -0.3 is 19.1 Å². The summed E-state index contributed by atoms with van der Waals surface area (Å²) < 4.78 is 54.3. The second kappa shape index (κ2) is 19.1. The number of carbonyl (C=O) groups is 1. The van der Waals surface area contributed by atoms with E-state index >= 15 is 8.78 Å². The van der Waals surface area contributed by atoms with Crippen LogP contribution in [-0.4, -0.2) is 101 Å². The number of carbonyl (C=O) groups excluding carboxylic acids is 1. The van der Waals surface area contributed by atoms with Crippen LogP contribution in [0.2, 0.25) is 16.6 Å². The fraction of sp³-hybridized carbons (Fsp3) is 0.519. The van der Waals surface area contributed by atoms with Crippen molar-refractivity contribution in [2.75, 3.05) is 37.7 Å². The van der Waals surface area contributed by atoms with E-state index in [9.17, 15) is 4.79 Å². The summed E-state index contributed by atoms with van der Waals surface area (Å²) in [6.45, 7) is 22.6. The number of aromatic nitrogens is 3. The third kappa shape index (κ3) is 9.21. The molecule has 0 N–H and O–H groups in total. The molecule has 10 nitrogen and oxygen atoms in total. The zero-order valence-electron chi connectivity index (χ0n) is 41.0. The lowest BCUT2D eigenvalue weighted by Gasteiger charge is -2.42. The number of ether oxygens (including phenoxy) is 3. The average molecular weight is 1060 g/mol. The molecule has 5 aromatic rings. The van der Waals surface area contributed by atoms with Gasteiger partial charge in [0.25, 0.3) is 0 Å². The Morgan fingerprint density at radius 2 is 1.65 bits per heavy atom. The molecule has 0 unspecified atom stereocenters. The molecule has 2 bridgehead atoms. The van der Waals surface area contributed by atoms with Gasteiger partial charge >= 0.3 is 12.1 Å². The van der Waals surface area contributed by atoms with Crippen LogP contribution in [0.15, 0.2) is 60.8 Å². The van der Waals surface area contributed by atoms with E-state index < -0.39 is 25.3 Å². The van der Waals surface area contributed by atoms with Gasteiger partial charge in [-0.2, -0.15) is 9.97 Å². The molecular weight excluding hydrogens is 990 g/mol. The molecule has 1 amide bonds. The summed E-state index contributed by atoms with van der Waals surface area (Å²) in [5.41, 5.74) is 5.77. The predicted octanol–water partition coefficient (Wildman–Crippen LogP) is 12.1. The number of halogens is 3. The van der Waals surface area contributed by atoms with Gasteiger partial charge in [-0.25, -0.2) is 13.6 Å². The Balaban J connectivity index is 1.11. The van der Waals surface area contributed by atoms with Crippen molar-refractivity contribution in [1.29, 1.82) is 0 Å². The van der Waals surface area contributed by atoms with E-state index in [4.69, 9.17) is 29.2 Å². The summed E-state index contributed by atoms with van der Waals surface area (Å²) >= 11 is 2.31. The van der Waals surface area contributed by atoms with Crippen LogP contribution in [0.3, 0.4) is 0 Å². The standard InChI is InChI=1S/C54H65F2IN6O4Si/c1-33(2)68(34(3)4,35(5)6)25-22-42-45(55)21-16-37-12-10-13-43(46(37)42)48-47(56)49-44(27-58-48)50(61-28-39-19-20-40(29-61)63(39)52(64)67-53(7,8)9)60-51(59-49)66-32-54-23-11-24-62(54)30-41(26-54)65-31-36-14-17-38(57)18-15-36/h10,12-18,21,27,33-35,39-41H,11,19-20,23-24,26,28-32H2,1-9H3/t39-,40+,41-,54+/m1/s1. The number of amides is 1. The van der Waals surface area contributed by atoms with Crippen LogP contribution < -0.4 is 9.64 Å². The van der Waals surface area contributed by atoms with Gasteiger partial charge in [0.15, 0.2) is 5.82 Å². The Kier molecular flexibility index (Phi) is 13.6. The zero-order chi connectivity index (χ0) is 48.3. The van der Waals surface area contributed by atoms with Crippen LogP contribution in [0.4, 0.5) is 19.4 Å². The van der Waals surface area contributed by atoms with Crippen molar-refractivity contribution in [3.05, 3.63) is 87.1 Å². The van der Waals surface area contributed by atoms with Crippen molar-refractivity contribution in [3.8, 4) is 28.7 Å². The molecule has 4 saturated heterocycles. The largest absolute Gasteiger partial charge is 0.461 e. The number of anilines is 1. The number of hydrogen-bond donors (Lipinski definition) is 0. The van der Waals surface area contributed by atoms with Crippen LogP contribution >= 0.6 is 22.6 Å². The van der Waals surface area contributed by atoms with Crippen LogP contribution in [0.1, 0.15) is 106 Å². The first-order valence-corrected chi connectivity index (χ1v) is 27.8. The smallest absolute Gasteiger partial charge is 0.410 e. The summed E-state index contributed by atoms with van der Waals surface area (Å²) in [4.78, 5) is 34.7. The molecule has 4 fully saturated rings. The molecule has 14 heteroatoms. The maximum Gasteiger partial charge on any atom is 0.410 e. The first kappa shape index (κ1) is 48.6. The first-order chi connectivity index (χ1) is 32.4. The lowest BCUT2D eigenvalue weighted by molar-refractivity contribution is 0.0122. The quantitative estimate of drug-likeness (QED) is 0.0728. The average Bonchev–Trinajstić information content (AvgIpc) is 3.93. The molecule has 4 atom stereocenters. The number of pyridine rings is 1. The molecular formula is C54H65F2IN6O4Si. The highest BCUT2D eigenvalue weighted by molar-refractivity contribution is 14.1. The van der Waals surface area contributed by atoms with E-state index in [1.54, 1.807) is 18.3 Å². The Morgan fingerprint density at radius 1 is 0.941 bits per heavy atom. The topological polar surface area (TPSA) is 93.2 Å². The number of piperazine rings is 1. The van der Waals surface area contributed by atoms with E-state index in [1.807, 2.05) is 37.8 Å². The highest BCUT2D eigenvalue weighted by Gasteiger charge is 2.50. The van der Waals surface area contributed by atoms with Crippen molar-refractivity contribution < 1.29 is 27.8 Å². The molecule has 6 heterocycles. The van der Waals surface area contributed by atoms with Gasteiger partial charge in [-0.05, 0) is 128 Å². The van der Waals surface area contributed by atoms with Crippen LogP contribution in [0.5, 0.6) is 6.01 Å². The molecule has 2 aromatic heterocycles. The van der Waals surface area contributed by atoms with Gasteiger partial charge in [-0.3, -0.25) is 14.8 Å². The predicted molar refractivity (Wildman–Crippen MR) is 277 cm³/mol. The van der Waals surface area contributed by atoms with Crippen molar-refractivity contribution in [2.24, 2.45) is 0 Å². The molecule has 9 rings (SSSR count).